The van der Waals surface area contributed by atoms with Gasteiger partial charge in [0, 0.05) is 17.9 Å². The molecule has 0 aliphatic rings. The monoisotopic (exact) mass is 471 g/mol. The fourth-order valence-corrected chi connectivity index (χ4v) is 3.52. The van der Waals surface area contributed by atoms with E-state index in [0.717, 1.165) is 11.3 Å². The van der Waals surface area contributed by atoms with Crippen molar-refractivity contribution in [2.45, 2.75) is 25.8 Å². The molecule has 1 unspecified atom stereocenters. The van der Waals surface area contributed by atoms with Crippen molar-refractivity contribution in [3.05, 3.63) is 106 Å². The van der Waals surface area contributed by atoms with Crippen molar-refractivity contribution in [1.29, 1.82) is 0 Å². The number of fused-ring (bicyclic) bond motifs is 1. The summed E-state index contributed by atoms with van der Waals surface area (Å²) in [6, 6.07) is 24.7. The van der Waals surface area contributed by atoms with Crippen LogP contribution in [0.15, 0.2) is 94.1 Å². The van der Waals surface area contributed by atoms with E-state index < -0.39 is 17.5 Å². The first-order valence-electron chi connectivity index (χ1n) is 11.3. The number of carbonyl (C=O) groups excluding carboxylic acids is 2. The second-order valence-corrected chi connectivity index (χ2v) is 7.99. The summed E-state index contributed by atoms with van der Waals surface area (Å²) in [7, 11) is 0. The molecule has 0 saturated carbocycles. The van der Waals surface area contributed by atoms with Crippen molar-refractivity contribution in [1.82, 2.24) is 5.32 Å². The highest BCUT2D eigenvalue weighted by Gasteiger charge is 2.17. The highest BCUT2D eigenvalue weighted by atomic mass is 16.5. The molecular weight excluding hydrogens is 446 g/mol. The van der Waals surface area contributed by atoms with E-state index in [1.165, 1.54) is 12.1 Å². The van der Waals surface area contributed by atoms with Crippen molar-refractivity contribution >= 4 is 22.8 Å². The summed E-state index contributed by atoms with van der Waals surface area (Å²) < 4.78 is 16.3. The number of nitrogens with one attached hydrogen (secondary N) is 1. The predicted octanol–water partition coefficient (Wildman–Crippen LogP) is 5.05. The number of carbonyl (C=O) groups is 2. The van der Waals surface area contributed by atoms with Crippen LogP contribution in [-0.4, -0.2) is 18.5 Å². The van der Waals surface area contributed by atoms with Crippen LogP contribution in [0.25, 0.3) is 11.0 Å². The molecule has 1 heterocycles. The van der Waals surface area contributed by atoms with Gasteiger partial charge in [0.25, 0.3) is 5.91 Å². The summed E-state index contributed by atoms with van der Waals surface area (Å²) in [6.45, 7) is 2.23. The third-order valence-electron chi connectivity index (χ3n) is 5.37. The first kappa shape index (κ1) is 23.8. The summed E-state index contributed by atoms with van der Waals surface area (Å²) in [5, 5.41) is 3.35. The minimum atomic E-state index is -0.767. The molecule has 1 N–H and O–H groups in total. The largest absolute Gasteiger partial charge is 0.494 e. The van der Waals surface area contributed by atoms with E-state index in [1.54, 1.807) is 12.1 Å². The molecule has 1 aromatic heterocycles. The molecule has 4 rings (SSSR count). The van der Waals surface area contributed by atoms with Crippen molar-refractivity contribution < 1.29 is 23.5 Å². The fourth-order valence-electron chi connectivity index (χ4n) is 3.52. The molecule has 7 nitrogen and oxygen atoms in total. The zero-order valence-electron chi connectivity index (χ0n) is 19.2. The molecule has 35 heavy (non-hydrogen) atoms. The molecular formula is C28H25NO6. The standard InChI is InChI=1S/C28H25NO6/c1-19(20-9-4-2-5-10-20)29-27(31)24-17-21-14-15-23(18-25(21)35-28(24)32)34-26(30)13-8-16-33-22-11-6-3-7-12-22/h2-7,9-12,14-15,17-19H,8,13,16H2,1H3,(H,29,31). The molecule has 0 radical (unpaired) electrons. The molecule has 0 aliphatic carbocycles. The molecule has 178 valence electrons. The molecule has 4 aromatic rings. The van der Waals surface area contributed by atoms with Crippen molar-refractivity contribution in [3.63, 3.8) is 0 Å². The van der Waals surface area contributed by atoms with Gasteiger partial charge in [-0.15, -0.1) is 0 Å². The number of rotatable bonds is 9. The number of esters is 1. The maximum absolute atomic E-state index is 12.7. The van der Waals surface area contributed by atoms with Crippen molar-refractivity contribution in [2.24, 2.45) is 0 Å². The Labute approximate surface area is 202 Å². The topological polar surface area (TPSA) is 94.8 Å². The SMILES string of the molecule is CC(NC(=O)c1cc2ccc(OC(=O)CCCOc3ccccc3)cc2oc1=O)c1ccccc1. The van der Waals surface area contributed by atoms with Gasteiger partial charge < -0.3 is 19.2 Å². The van der Waals surface area contributed by atoms with E-state index in [-0.39, 0.29) is 29.4 Å². The zero-order valence-corrected chi connectivity index (χ0v) is 19.2. The van der Waals surface area contributed by atoms with Gasteiger partial charge in [0.1, 0.15) is 22.6 Å². The lowest BCUT2D eigenvalue weighted by Crippen LogP contribution is -2.30. The Morgan fingerprint density at radius 1 is 0.914 bits per heavy atom. The van der Waals surface area contributed by atoms with E-state index in [0.29, 0.717) is 18.4 Å². The van der Waals surface area contributed by atoms with Gasteiger partial charge in [-0.3, -0.25) is 9.59 Å². The third-order valence-corrected chi connectivity index (χ3v) is 5.37. The molecule has 0 fully saturated rings. The predicted molar refractivity (Wildman–Crippen MR) is 132 cm³/mol. The van der Waals surface area contributed by atoms with Gasteiger partial charge in [-0.05, 0) is 49.2 Å². The molecule has 0 bridgehead atoms. The molecule has 0 aliphatic heterocycles. The van der Waals surface area contributed by atoms with Gasteiger partial charge >= 0.3 is 11.6 Å². The Bertz CT molecular complexity index is 1360. The summed E-state index contributed by atoms with van der Waals surface area (Å²) in [5.74, 6) is 0.0528. The molecule has 0 spiro atoms. The van der Waals surface area contributed by atoms with E-state index >= 15 is 0 Å². The minimum Gasteiger partial charge on any atom is -0.494 e. The average Bonchev–Trinajstić information content (AvgIpc) is 2.87. The van der Waals surface area contributed by atoms with Gasteiger partial charge in [0.2, 0.25) is 0 Å². The van der Waals surface area contributed by atoms with Crippen LogP contribution in [0.5, 0.6) is 11.5 Å². The Morgan fingerprint density at radius 2 is 1.63 bits per heavy atom. The number of para-hydroxylation sites is 1. The molecule has 0 saturated heterocycles. The number of hydrogen-bond acceptors (Lipinski definition) is 6. The van der Waals surface area contributed by atoms with Crippen LogP contribution in [0.4, 0.5) is 0 Å². The first-order chi connectivity index (χ1) is 17.0. The molecule has 7 heteroatoms. The number of benzene rings is 3. The maximum atomic E-state index is 12.7. The number of amides is 1. The van der Waals surface area contributed by atoms with Gasteiger partial charge in [-0.2, -0.15) is 0 Å². The molecule has 3 aromatic carbocycles. The number of ether oxygens (including phenoxy) is 2. The lowest BCUT2D eigenvalue weighted by molar-refractivity contribution is -0.134. The Morgan fingerprint density at radius 3 is 2.37 bits per heavy atom. The Kier molecular flexibility index (Phi) is 7.57. The zero-order chi connectivity index (χ0) is 24.6. The summed E-state index contributed by atoms with van der Waals surface area (Å²) in [5.41, 5.74) is 0.282. The van der Waals surface area contributed by atoms with E-state index in [1.807, 2.05) is 67.6 Å². The Balaban J connectivity index is 1.36. The van der Waals surface area contributed by atoms with Gasteiger partial charge in [0.05, 0.1) is 12.6 Å². The Hall–Kier alpha value is -4.39. The highest BCUT2D eigenvalue weighted by Crippen LogP contribution is 2.22. The summed E-state index contributed by atoms with van der Waals surface area (Å²) in [6.07, 6.45) is 0.670. The average molecular weight is 472 g/mol. The fraction of sp³-hybridized carbons (Fsp3) is 0.179. The van der Waals surface area contributed by atoms with Crippen LogP contribution in [0.3, 0.4) is 0 Å². The van der Waals surface area contributed by atoms with Gasteiger partial charge in [-0.1, -0.05) is 48.5 Å². The van der Waals surface area contributed by atoms with Gasteiger partial charge in [-0.25, -0.2) is 4.79 Å². The summed E-state index contributed by atoms with van der Waals surface area (Å²) >= 11 is 0. The normalized spacial score (nSPS) is 11.6. The van der Waals surface area contributed by atoms with E-state index in [9.17, 15) is 14.4 Å². The van der Waals surface area contributed by atoms with Crippen LogP contribution in [0.1, 0.15) is 41.7 Å². The lowest BCUT2D eigenvalue weighted by atomic mass is 10.1. The van der Waals surface area contributed by atoms with Crippen LogP contribution >= 0.6 is 0 Å². The summed E-state index contributed by atoms with van der Waals surface area (Å²) in [4.78, 5) is 37.3. The van der Waals surface area contributed by atoms with Crippen LogP contribution < -0.4 is 20.4 Å². The maximum Gasteiger partial charge on any atom is 0.349 e. The van der Waals surface area contributed by atoms with Crippen LogP contribution in [0.2, 0.25) is 0 Å². The second kappa shape index (κ2) is 11.2. The molecule has 1 atom stereocenters. The quantitative estimate of drug-likeness (QED) is 0.159. The van der Waals surface area contributed by atoms with Crippen molar-refractivity contribution in [2.75, 3.05) is 6.61 Å². The van der Waals surface area contributed by atoms with E-state index in [2.05, 4.69) is 5.32 Å². The minimum absolute atomic E-state index is 0.0940. The van der Waals surface area contributed by atoms with Crippen molar-refractivity contribution in [3.8, 4) is 11.5 Å². The number of hydrogen-bond donors (Lipinski definition) is 1. The molecule has 1 amide bonds. The van der Waals surface area contributed by atoms with Gasteiger partial charge in [0.15, 0.2) is 0 Å². The van der Waals surface area contributed by atoms with Crippen LogP contribution in [-0.2, 0) is 4.79 Å². The van der Waals surface area contributed by atoms with Crippen LogP contribution in [0, 0.1) is 0 Å². The smallest absolute Gasteiger partial charge is 0.349 e. The van der Waals surface area contributed by atoms with E-state index in [4.69, 9.17) is 13.9 Å². The third kappa shape index (κ3) is 6.35. The lowest BCUT2D eigenvalue weighted by Gasteiger charge is -2.14. The highest BCUT2D eigenvalue weighted by molar-refractivity contribution is 5.97. The first-order valence-corrected chi connectivity index (χ1v) is 11.3. The second-order valence-electron chi connectivity index (χ2n) is 7.99.